The Labute approximate surface area is 238 Å². The van der Waals surface area contributed by atoms with Gasteiger partial charge in [-0.15, -0.1) is 0 Å². The first-order valence-corrected chi connectivity index (χ1v) is 12.8. The van der Waals surface area contributed by atoms with E-state index >= 15 is 0 Å². The van der Waals surface area contributed by atoms with Gasteiger partial charge in [0, 0.05) is 40.1 Å². The number of carboxylic acids is 1. The molecule has 3 rings (SSSR count). The molecule has 40 heavy (non-hydrogen) atoms. The predicted molar refractivity (Wildman–Crippen MR) is 144 cm³/mol. The van der Waals surface area contributed by atoms with Gasteiger partial charge in [0.25, 0.3) is 5.91 Å². The Morgan fingerprint density at radius 2 is 1.52 bits per heavy atom. The van der Waals surface area contributed by atoms with Crippen LogP contribution in [0.15, 0.2) is 66.7 Å². The van der Waals surface area contributed by atoms with E-state index in [-0.39, 0.29) is 41.3 Å². The Hall–Kier alpha value is -3.76. The van der Waals surface area contributed by atoms with E-state index in [1.807, 2.05) is 0 Å². The number of halogens is 5. The lowest BCUT2D eigenvalue weighted by molar-refractivity contribution is -0.138. The van der Waals surface area contributed by atoms with E-state index in [0.29, 0.717) is 16.1 Å². The van der Waals surface area contributed by atoms with Crippen molar-refractivity contribution in [1.82, 2.24) is 5.32 Å². The number of carboxylic acid groups (broad SMARTS) is 1. The number of hydrogen-bond donors (Lipinski definition) is 3. The van der Waals surface area contributed by atoms with Crippen LogP contribution in [0.4, 0.5) is 13.2 Å². The molecule has 0 aliphatic rings. The van der Waals surface area contributed by atoms with Crippen LogP contribution in [0.1, 0.15) is 63.1 Å². The lowest BCUT2D eigenvalue weighted by Gasteiger charge is -2.30. The summed E-state index contributed by atoms with van der Waals surface area (Å²) in [6.45, 7) is -0.0798. The average Bonchev–Trinajstić information content (AvgIpc) is 2.87. The maximum absolute atomic E-state index is 13.4. The van der Waals surface area contributed by atoms with Crippen molar-refractivity contribution in [1.29, 1.82) is 0 Å². The second-order valence-corrected chi connectivity index (χ2v) is 9.78. The van der Waals surface area contributed by atoms with E-state index in [1.165, 1.54) is 42.5 Å². The minimum absolute atomic E-state index is 0.0578. The molecule has 0 fully saturated rings. The SMILES string of the molecule is NC(=O)c1cc(Cl)cc(O[C@@H](c2ccc(Cl)cc2)[C@H](CCC(F)(F)F)c2ccc(C(=O)NCCC(=O)O)cc2)c1. The van der Waals surface area contributed by atoms with Crippen molar-refractivity contribution in [2.45, 2.75) is 37.5 Å². The molecule has 2 atom stereocenters. The van der Waals surface area contributed by atoms with Gasteiger partial charge in [-0.2, -0.15) is 13.2 Å². The minimum atomic E-state index is -4.46. The molecule has 0 heterocycles. The van der Waals surface area contributed by atoms with Crippen LogP contribution in [0, 0.1) is 0 Å². The number of carbonyl (C=O) groups is 3. The van der Waals surface area contributed by atoms with Gasteiger partial charge in [-0.1, -0.05) is 47.5 Å². The van der Waals surface area contributed by atoms with E-state index in [1.54, 1.807) is 24.3 Å². The third-order valence-corrected chi connectivity index (χ3v) is 6.42. The topological polar surface area (TPSA) is 119 Å². The van der Waals surface area contributed by atoms with E-state index in [9.17, 15) is 27.6 Å². The lowest BCUT2D eigenvalue weighted by atomic mass is 9.85. The van der Waals surface area contributed by atoms with Crippen LogP contribution in [0.25, 0.3) is 0 Å². The van der Waals surface area contributed by atoms with Crippen molar-refractivity contribution in [3.05, 3.63) is 99.0 Å². The highest BCUT2D eigenvalue weighted by Crippen LogP contribution is 2.41. The number of primary amides is 1. The molecule has 0 aromatic heterocycles. The van der Waals surface area contributed by atoms with Crippen molar-refractivity contribution in [3.63, 3.8) is 0 Å². The van der Waals surface area contributed by atoms with Crippen molar-refractivity contribution in [3.8, 4) is 5.75 Å². The third kappa shape index (κ3) is 9.17. The number of carbonyl (C=O) groups excluding carboxylic acids is 2. The standard InChI is InChI=1S/C28H25Cl2F3N2O5/c29-20-7-5-17(6-8-20)25(40-22-14-19(26(34)38)13-21(30)15-22)23(9-11-28(31,32)33)16-1-3-18(4-2-16)27(39)35-12-10-24(36)37/h1-8,13-15,23,25H,9-12H2,(H2,34,38)(H,35,39)(H,36,37)/t23-,25+/m1/s1. The van der Waals surface area contributed by atoms with Crippen LogP contribution >= 0.6 is 23.2 Å². The molecule has 0 aliphatic carbocycles. The zero-order valence-electron chi connectivity index (χ0n) is 20.9. The maximum atomic E-state index is 13.4. The molecule has 0 saturated heterocycles. The quantitative estimate of drug-likeness (QED) is 0.219. The normalized spacial score (nSPS) is 12.8. The van der Waals surface area contributed by atoms with Gasteiger partial charge in [0.15, 0.2) is 0 Å². The first-order chi connectivity index (χ1) is 18.8. The predicted octanol–water partition coefficient (Wildman–Crippen LogP) is 6.54. The molecule has 12 heteroatoms. The molecule has 4 N–H and O–H groups in total. The molecule has 0 spiro atoms. The Bertz CT molecular complexity index is 1350. The monoisotopic (exact) mass is 596 g/mol. The summed E-state index contributed by atoms with van der Waals surface area (Å²) in [5.41, 5.74) is 6.60. The molecular weight excluding hydrogens is 572 g/mol. The van der Waals surface area contributed by atoms with Crippen molar-refractivity contribution >= 4 is 41.0 Å². The fraction of sp³-hybridized carbons (Fsp3) is 0.250. The Balaban J connectivity index is 2.02. The number of amides is 2. The summed E-state index contributed by atoms with van der Waals surface area (Å²) in [6, 6.07) is 16.4. The fourth-order valence-electron chi connectivity index (χ4n) is 4.03. The fourth-order valence-corrected chi connectivity index (χ4v) is 4.38. The largest absolute Gasteiger partial charge is 0.485 e. The zero-order valence-corrected chi connectivity index (χ0v) is 22.4. The summed E-state index contributed by atoms with van der Waals surface area (Å²) < 4.78 is 46.4. The number of ether oxygens (including phenoxy) is 1. The summed E-state index contributed by atoms with van der Waals surface area (Å²) >= 11 is 12.2. The molecule has 0 unspecified atom stereocenters. The number of nitrogens with two attached hydrogens (primary N) is 1. The minimum Gasteiger partial charge on any atom is -0.485 e. The Kier molecular flexibility index (Phi) is 10.4. The van der Waals surface area contributed by atoms with Gasteiger partial charge in [0.2, 0.25) is 5.91 Å². The first-order valence-electron chi connectivity index (χ1n) is 12.0. The highest BCUT2D eigenvalue weighted by molar-refractivity contribution is 6.31. The van der Waals surface area contributed by atoms with E-state index in [4.69, 9.17) is 38.8 Å². The van der Waals surface area contributed by atoms with Gasteiger partial charge < -0.3 is 20.9 Å². The lowest BCUT2D eigenvalue weighted by Crippen LogP contribution is -2.26. The summed E-state index contributed by atoms with van der Waals surface area (Å²) in [7, 11) is 0. The molecule has 0 radical (unpaired) electrons. The number of benzene rings is 3. The molecule has 7 nitrogen and oxygen atoms in total. The summed E-state index contributed by atoms with van der Waals surface area (Å²) in [6.07, 6.45) is -7.20. The van der Waals surface area contributed by atoms with Gasteiger partial charge in [0.05, 0.1) is 6.42 Å². The van der Waals surface area contributed by atoms with Crippen LogP contribution in [0.2, 0.25) is 10.0 Å². The number of hydrogen-bond acceptors (Lipinski definition) is 4. The van der Waals surface area contributed by atoms with E-state index in [2.05, 4.69) is 5.32 Å². The highest BCUT2D eigenvalue weighted by atomic mass is 35.5. The van der Waals surface area contributed by atoms with Crippen molar-refractivity contribution in [2.24, 2.45) is 5.73 Å². The molecule has 3 aromatic rings. The van der Waals surface area contributed by atoms with E-state index < -0.39 is 42.4 Å². The maximum Gasteiger partial charge on any atom is 0.389 e. The number of aliphatic carboxylic acids is 1. The smallest absolute Gasteiger partial charge is 0.389 e. The van der Waals surface area contributed by atoms with Crippen molar-refractivity contribution < 1.29 is 37.4 Å². The van der Waals surface area contributed by atoms with Crippen LogP contribution in [0.5, 0.6) is 5.75 Å². The van der Waals surface area contributed by atoms with Gasteiger partial charge in [-0.3, -0.25) is 14.4 Å². The average molecular weight is 597 g/mol. The molecule has 212 valence electrons. The molecule has 3 aromatic carbocycles. The second kappa shape index (κ2) is 13.5. The summed E-state index contributed by atoms with van der Waals surface area (Å²) in [5.74, 6) is -3.11. The van der Waals surface area contributed by atoms with Crippen LogP contribution in [-0.4, -0.2) is 35.6 Å². The summed E-state index contributed by atoms with van der Waals surface area (Å²) in [4.78, 5) is 34.8. The zero-order chi connectivity index (χ0) is 29.4. The molecule has 0 saturated carbocycles. The number of nitrogens with one attached hydrogen (secondary N) is 1. The van der Waals surface area contributed by atoms with Gasteiger partial charge in [-0.05, 0) is 60.0 Å². The van der Waals surface area contributed by atoms with Gasteiger partial charge >= 0.3 is 12.1 Å². The highest BCUT2D eigenvalue weighted by Gasteiger charge is 2.34. The van der Waals surface area contributed by atoms with Gasteiger partial charge in [-0.25, -0.2) is 0 Å². The Morgan fingerprint density at radius 3 is 2.10 bits per heavy atom. The molecule has 2 amide bonds. The molecule has 0 aliphatic heterocycles. The van der Waals surface area contributed by atoms with Crippen molar-refractivity contribution in [2.75, 3.05) is 6.54 Å². The van der Waals surface area contributed by atoms with Crippen LogP contribution in [-0.2, 0) is 4.79 Å². The first kappa shape index (κ1) is 30.8. The number of rotatable bonds is 12. The molecular formula is C28H25Cl2F3N2O5. The van der Waals surface area contributed by atoms with Gasteiger partial charge in [0.1, 0.15) is 11.9 Å². The van der Waals surface area contributed by atoms with Crippen LogP contribution < -0.4 is 15.8 Å². The van der Waals surface area contributed by atoms with Crippen LogP contribution in [0.3, 0.4) is 0 Å². The van der Waals surface area contributed by atoms with E-state index in [0.717, 1.165) is 0 Å². The second-order valence-electron chi connectivity index (χ2n) is 8.91. The molecule has 0 bridgehead atoms. The summed E-state index contributed by atoms with van der Waals surface area (Å²) in [5, 5.41) is 11.8. The number of alkyl halides is 3. The third-order valence-electron chi connectivity index (χ3n) is 5.95. The Morgan fingerprint density at radius 1 is 0.900 bits per heavy atom.